The number of nitrogens with one attached hydrogen (secondary N) is 3. The molecule has 0 bridgehead atoms. The number of carbonyl (C=O) groups is 1. The second kappa shape index (κ2) is 10.2. The van der Waals surface area contributed by atoms with E-state index in [2.05, 4.69) is 50.1 Å². The number of aromatic nitrogens is 4. The molecule has 0 radical (unpaired) electrons. The van der Waals surface area contributed by atoms with E-state index in [0.29, 0.717) is 18.9 Å². The number of aromatic amines is 1. The van der Waals surface area contributed by atoms with E-state index in [1.165, 1.54) is 0 Å². The number of carbonyl (C=O) groups excluding carboxylic acids is 1. The first-order valence-electron chi connectivity index (χ1n) is 11.3. The summed E-state index contributed by atoms with van der Waals surface area (Å²) < 4.78 is 2.14. The van der Waals surface area contributed by atoms with E-state index in [9.17, 15) is 4.79 Å². The Hall–Kier alpha value is -3.87. The molecule has 4 aromatic rings. The molecule has 0 saturated heterocycles. The summed E-state index contributed by atoms with van der Waals surface area (Å²) >= 11 is 0. The van der Waals surface area contributed by atoms with E-state index in [0.717, 1.165) is 34.2 Å². The van der Waals surface area contributed by atoms with Crippen molar-refractivity contribution in [3.8, 4) is 11.3 Å². The lowest BCUT2D eigenvalue weighted by Crippen LogP contribution is -2.32. The van der Waals surface area contributed by atoms with Crippen LogP contribution in [-0.4, -0.2) is 25.6 Å². The fourth-order valence-electron chi connectivity index (χ4n) is 3.87. The highest BCUT2D eigenvalue weighted by Crippen LogP contribution is 2.21. The summed E-state index contributed by atoms with van der Waals surface area (Å²) in [4.78, 5) is 25.0. The van der Waals surface area contributed by atoms with Crippen LogP contribution >= 0.6 is 0 Å². The Balaban J connectivity index is 1.40. The van der Waals surface area contributed by atoms with Crippen LogP contribution in [0.5, 0.6) is 0 Å². The predicted molar refractivity (Wildman–Crippen MR) is 131 cm³/mol. The first kappa shape index (κ1) is 22.3. The maximum absolute atomic E-state index is 12.7. The molecule has 0 fully saturated rings. The highest BCUT2D eigenvalue weighted by Gasteiger charge is 2.17. The molecule has 0 aliphatic rings. The van der Waals surface area contributed by atoms with Crippen LogP contribution < -0.4 is 10.6 Å². The van der Waals surface area contributed by atoms with Gasteiger partial charge in [0.15, 0.2) is 0 Å². The smallest absolute Gasteiger partial charge is 0.319 e. The van der Waals surface area contributed by atoms with E-state index < -0.39 is 0 Å². The Morgan fingerprint density at radius 2 is 1.91 bits per heavy atom. The van der Waals surface area contributed by atoms with Gasteiger partial charge >= 0.3 is 6.03 Å². The Bertz CT molecular complexity index is 1190. The number of urea groups is 1. The molecule has 2 aromatic heterocycles. The van der Waals surface area contributed by atoms with E-state index >= 15 is 0 Å². The van der Waals surface area contributed by atoms with Crippen LogP contribution in [0.15, 0.2) is 73.2 Å². The Labute approximate surface area is 194 Å². The first-order valence-corrected chi connectivity index (χ1v) is 11.3. The molecule has 0 spiro atoms. The number of hydrogen-bond acceptors (Lipinski definition) is 3. The van der Waals surface area contributed by atoms with Crippen LogP contribution in [-0.2, 0) is 6.54 Å². The third-order valence-corrected chi connectivity index (χ3v) is 5.53. The summed E-state index contributed by atoms with van der Waals surface area (Å²) in [5, 5.41) is 5.98. The van der Waals surface area contributed by atoms with Crippen molar-refractivity contribution in [3.05, 3.63) is 90.4 Å². The number of nitrogens with zero attached hydrogens (tertiary/aromatic N) is 3. The molecular weight excluding hydrogens is 412 g/mol. The van der Waals surface area contributed by atoms with Gasteiger partial charge in [-0.2, -0.15) is 0 Å². The number of anilines is 1. The zero-order chi connectivity index (χ0) is 23.2. The van der Waals surface area contributed by atoms with Gasteiger partial charge in [-0.1, -0.05) is 63.2 Å². The second-order valence-electron chi connectivity index (χ2n) is 8.38. The van der Waals surface area contributed by atoms with Crippen molar-refractivity contribution in [2.24, 2.45) is 0 Å². The minimum Gasteiger partial charge on any atom is -0.340 e. The zero-order valence-corrected chi connectivity index (χ0v) is 19.2. The van der Waals surface area contributed by atoms with E-state index in [-0.39, 0.29) is 12.1 Å². The van der Waals surface area contributed by atoms with Gasteiger partial charge in [0.05, 0.1) is 17.9 Å². The Morgan fingerprint density at radius 3 is 2.67 bits per heavy atom. The van der Waals surface area contributed by atoms with Crippen LogP contribution in [0.2, 0.25) is 0 Å². The number of rotatable bonds is 8. The lowest BCUT2D eigenvalue weighted by molar-refractivity contribution is 0.247. The molecule has 0 aliphatic heterocycles. The fourth-order valence-corrected chi connectivity index (χ4v) is 3.87. The highest BCUT2D eigenvalue weighted by molar-refractivity contribution is 5.89. The molecular formula is C26H30N6O. The number of amides is 2. The summed E-state index contributed by atoms with van der Waals surface area (Å²) in [5.41, 5.74) is 3.83. The van der Waals surface area contributed by atoms with Crippen LogP contribution in [0, 0.1) is 0 Å². The monoisotopic (exact) mass is 442 g/mol. The summed E-state index contributed by atoms with van der Waals surface area (Å²) in [5.74, 6) is 2.13. The minimum atomic E-state index is -0.262. The summed E-state index contributed by atoms with van der Waals surface area (Å²) in [6, 6.07) is 17.4. The summed E-state index contributed by atoms with van der Waals surface area (Å²) in [6.45, 7) is 6.99. The molecule has 1 atom stereocenters. The molecule has 2 aromatic carbocycles. The molecule has 7 nitrogen and oxygen atoms in total. The first-order chi connectivity index (χ1) is 16.0. The summed E-state index contributed by atoms with van der Waals surface area (Å²) in [7, 11) is 0. The van der Waals surface area contributed by atoms with Gasteiger partial charge in [0.25, 0.3) is 0 Å². The highest BCUT2D eigenvalue weighted by atomic mass is 16.2. The maximum Gasteiger partial charge on any atom is 0.319 e. The van der Waals surface area contributed by atoms with Gasteiger partial charge in [-0.3, -0.25) is 0 Å². The van der Waals surface area contributed by atoms with Crippen molar-refractivity contribution < 1.29 is 4.79 Å². The van der Waals surface area contributed by atoms with Gasteiger partial charge in [-0.05, 0) is 29.7 Å². The van der Waals surface area contributed by atoms with Gasteiger partial charge < -0.3 is 20.2 Å². The van der Waals surface area contributed by atoms with Gasteiger partial charge in [-0.15, -0.1) is 0 Å². The number of benzene rings is 2. The topological polar surface area (TPSA) is 87.6 Å². The number of imidazole rings is 2. The van der Waals surface area contributed by atoms with E-state index in [4.69, 9.17) is 0 Å². The van der Waals surface area contributed by atoms with E-state index in [1.54, 1.807) is 6.20 Å². The van der Waals surface area contributed by atoms with Gasteiger partial charge in [0.2, 0.25) is 0 Å². The lowest BCUT2D eigenvalue weighted by atomic mass is 10.1. The third kappa shape index (κ3) is 5.49. The lowest BCUT2D eigenvalue weighted by Gasteiger charge is -2.16. The number of hydrogen-bond donors (Lipinski definition) is 3. The van der Waals surface area contributed by atoms with Gasteiger partial charge in [-0.25, -0.2) is 14.8 Å². The second-order valence-corrected chi connectivity index (χ2v) is 8.38. The standard InChI is InChI=1S/C26H30N6O/c1-4-22(24-28-16-23(30-24)20-10-6-5-7-11-20)31-26(33)29-21-12-8-9-19(15-21)17-32-14-13-27-25(32)18(2)3/h5-16,18,22H,4,17H2,1-3H3,(H,28,30)(H2,29,31,33). The number of H-pyrrole nitrogens is 1. The quantitative estimate of drug-likeness (QED) is 0.326. The Kier molecular flexibility index (Phi) is 6.88. The predicted octanol–water partition coefficient (Wildman–Crippen LogP) is 5.72. The SMILES string of the molecule is CCC(NC(=O)Nc1cccc(Cn2ccnc2C(C)C)c1)c1ncc(-c2ccccc2)[nH]1. The molecule has 0 aliphatic carbocycles. The zero-order valence-electron chi connectivity index (χ0n) is 19.2. The molecule has 7 heteroatoms. The van der Waals surface area contributed by atoms with Crippen molar-refractivity contribution in [1.82, 2.24) is 24.8 Å². The molecule has 3 N–H and O–H groups in total. The average molecular weight is 443 g/mol. The average Bonchev–Trinajstić information content (AvgIpc) is 3.48. The van der Waals surface area contributed by atoms with Crippen LogP contribution in [0.3, 0.4) is 0 Å². The van der Waals surface area contributed by atoms with Crippen LogP contribution in [0.1, 0.15) is 56.4 Å². The molecule has 2 heterocycles. The largest absolute Gasteiger partial charge is 0.340 e. The maximum atomic E-state index is 12.7. The molecule has 1 unspecified atom stereocenters. The van der Waals surface area contributed by atoms with Crippen molar-refractivity contribution in [2.45, 2.75) is 45.7 Å². The Morgan fingerprint density at radius 1 is 1.09 bits per heavy atom. The van der Waals surface area contributed by atoms with Crippen LogP contribution in [0.25, 0.3) is 11.3 Å². The fraction of sp³-hybridized carbons (Fsp3) is 0.269. The minimum absolute atomic E-state index is 0.217. The van der Waals surface area contributed by atoms with Crippen LogP contribution in [0.4, 0.5) is 10.5 Å². The normalized spacial score (nSPS) is 12.0. The van der Waals surface area contributed by atoms with E-state index in [1.807, 2.05) is 67.8 Å². The van der Waals surface area contributed by atoms with Gasteiger partial charge in [0.1, 0.15) is 11.6 Å². The van der Waals surface area contributed by atoms with Crippen molar-refractivity contribution in [3.63, 3.8) is 0 Å². The third-order valence-electron chi connectivity index (χ3n) is 5.53. The van der Waals surface area contributed by atoms with Crippen molar-refractivity contribution >= 4 is 11.7 Å². The van der Waals surface area contributed by atoms with Crippen molar-refractivity contribution in [2.75, 3.05) is 5.32 Å². The summed E-state index contributed by atoms with van der Waals surface area (Å²) in [6.07, 6.45) is 6.33. The molecule has 170 valence electrons. The van der Waals surface area contributed by atoms with Gasteiger partial charge in [0, 0.05) is 30.5 Å². The molecule has 0 saturated carbocycles. The molecule has 2 amide bonds. The molecule has 4 rings (SSSR count). The molecule has 33 heavy (non-hydrogen) atoms. The van der Waals surface area contributed by atoms with Crippen molar-refractivity contribution in [1.29, 1.82) is 0 Å².